The van der Waals surface area contributed by atoms with Gasteiger partial charge in [0.1, 0.15) is 5.65 Å². The van der Waals surface area contributed by atoms with E-state index in [0.717, 1.165) is 17.0 Å². The third-order valence-corrected chi connectivity index (χ3v) is 4.42. The average molecular weight is 417 g/mol. The summed E-state index contributed by atoms with van der Waals surface area (Å²) < 4.78 is 37.9. The maximum atomic E-state index is 12.9. The highest BCUT2D eigenvalue weighted by Crippen LogP contribution is 2.32. The van der Waals surface area contributed by atoms with E-state index in [1.54, 1.807) is 32.2 Å². The summed E-state index contributed by atoms with van der Waals surface area (Å²) >= 11 is 0. The molecule has 0 aliphatic carbocycles. The van der Waals surface area contributed by atoms with Gasteiger partial charge in [-0.05, 0) is 32.0 Å². The van der Waals surface area contributed by atoms with Gasteiger partial charge in [-0.2, -0.15) is 8.78 Å². The van der Waals surface area contributed by atoms with Gasteiger partial charge in [-0.3, -0.25) is 4.99 Å². The highest BCUT2D eigenvalue weighted by Gasteiger charge is 2.16. The molecule has 0 bridgehead atoms. The van der Waals surface area contributed by atoms with Crippen LogP contribution in [0.25, 0.3) is 5.65 Å². The maximum absolute atomic E-state index is 12.9. The van der Waals surface area contributed by atoms with Crippen molar-refractivity contribution in [2.45, 2.75) is 33.5 Å². The zero-order valence-corrected chi connectivity index (χ0v) is 17.2. The van der Waals surface area contributed by atoms with Crippen molar-refractivity contribution in [1.29, 1.82) is 0 Å². The second-order valence-electron chi connectivity index (χ2n) is 6.46. The Bertz CT molecular complexity index is 1020. The Balaban J connectivity index is 1.66. The summed E-state index contributed by atoms with van der Waals surface area (Å²) in [6.07, 6.45) is 1.96. The van der Waals surface area contributed by atoms with Crippen molar-refractivity contribution in [2.75, 3.05) is 13.7 Å². The molecule has 3 aromatic rings. The molecule has 1 aromatic carbocycles. The molecular weight excluding hydrogens is 392 g/mol. The Morgan fingerprint density at radius 3 is 2.63 bits per heavy atom. The smallest absolute Gasteiger partial charge is 0.387 e. The van der Waals surface area contributed by atoms with Crippen LogP contribution in [0, 0.1) is 6.92 Å². The zero-order valence-electron chi connectivity index (χ0n) is 17.2. The van der Waals surface area contributed by atoms with Crippen LogP contribution in [-0.2, 0) is 13.1 Å². The number of hydrogen-bond acceptors (Lipinski definition) is 4. The Morgan fingerprint density at radius 2 is 1.93 bits per heavy atom. The maximum Gasteiger partial charge on any atom is 0.387 e. The van der Waals surface area contributed by atoms with E-state index in [9.17, 15) is 8.78 Å². The standard InChI is InChI=1S/C21H25F2N5O2/c1-4-29-17-9-6-8-15(19(17)30-20(22)23)11-25-21(24-3)26-12-16-13-28-14(2)7-5-10-18(28)27-16/h5-10,13,20H,4,11-12H2,1-3H3,(H2,24,25,26). The molecule has 7 nitrogen and oxygen atoms in total. The fourth-order valence-corrected chi connectivity index (χ4v) is 3.05. The SMILES string of the molecule is CCOc1cccc(CNC(=NC)NCc2cn3c(C)cccc3n2)c1OC(F)F. The number of ether oxygens (including phenoxy) is 2. The van der Waals surface area contributed by atoms with Gasteiger partial charge in [-0.1, -0.05) is 18.2 Å². The van der Waals surface area contributed by atoms with E-state index < -0.39 is 6.61 Å². The number of para-hydroxylation sites is 1. The largest absolute Gasteiger partial charge is 0.490 e. The van der Waals surface area contributed by atoms with Crippen molar-refractivity contribution in [3.63, 3.8) is 0 Å². The highest BCUT2D eigenvalue weighted by atomic mass is 19.3. The molecule has 0 saturated carbocycles. The summed E-state index contributed by atoms with van der Waals surface area (Å²) in [7, 11) is 1.64. The van der Waals surface area contributed by atoms with Crippen molar-refractivity contribution in [1.82, 2.24) is 20.0 Å². The summed E-state index contributed by atoms with van der Waals surface area (Å²) in [5, 5.41) is 6.29. The monoisotopic (exact) mass is 417 g/mol. The van der Waals surface area contributed by atoms with Crippen LogP contribution in [-0.4, -0.2) is 35.6 Å². The number of alkyl halides is 2. The molecule has 2 heterocycles. The number of aryl methyl sites for hydroxylation is 1. The molecule has 0 aliphatic heterocycles. The van der Waals surface area contributed by atoms with Gasteiger partial charge in [-0.15, -0.1) is 0 Å². The van der Waals surface area contributed by atoms with Crippen molar-refractivity contribution >= 4 is 11.6 Å². The lowest BCUT2D eigenvalue weighted by Gasteiger charge is -2.17. The van der Waals surface area contributed by atoms with E-state index in [4.69, 9.17) is 9.47 Å². The van der Waals surface area contributed by atoms with Gasteiger partial charge in [0.05, 0.1) is 18.8 Å². The molecule has 0 radical (unpaired) electrons. The molecule has 3 rings (SSSR count). The first kappa shape index (κ1) is 21.4. The van der Waals surface area contributed by atoms with Gasteiger partial charge in [0.25, 0.3) is 0 Å². The minimum absolute atomic E-state index is 0.0214. The first-order valence-corrected chi connectivity index (χ1v) is 9.59. The minimum Gasteiger partial charge on any atom is -0.490 e. The molecule has 0 amide bonds. The summed E-state index contributed by atoms with van der Waals surface area (Å²) in [5.41, 5.74) is 3.35. The fourth-order valence-electron chi connectivity index (χ4n) is 3.05. The van der Waals surface area contributed by atoms with Crippen LogP contribution < -0.4 is 20.1 Å². The van der Waals surface area contributed by atoms with Gasteiger partial charge in [0.15, 0.2) is 17.5 Å². The summed E-state index contributed by atoms with van der Waals surface area (Å²) in [4.78, 5) is 8.75. The quantitative estimate of drug-likeness (QED) is 0.434. The van der Waals surface area contributed by atoms with E-state index in [0.29, 0.717) is 24.7 Å². The number of imidazole rings is 1. The molecule has 2 aromatic heterocycles. The van der Waals surface area contributed by atoms with Crippen LogP contribution in [0.15, 0.2) is 47.6 Å². The number of nitrogens with one attached hydrogen (secondary N) is 2. The molecule has 0 spiro atoms. The normalized spacial score (nSPS) is 11.7. The Morgan fingerprint density at radius 1 is 1.17 bits per heavy atom. The lowest BCUT2D eigenvalue weighted by molar-refractivity contribution is -0.0520. The minimum atomic E-state index is -2.94. The van der Waals surface area contributed by atoms with E-state index >= 15 is 0 Å². The number of benzene rings is 1. The predicted molar refractivity (Wildman–Crippen MR) is 111 cm³/mol. The molecule has 9 heteroatoms. The van der Waals surface area contributed by atoms with Crippen molar-refractivity contribution in [3.05, 3.63) is 59.5 Å². The van der Waals surface area contributed by atoms with Gasteiger partial charge < -0.3 is 24.5 Å². The second kappa shape index (κ2) is 9.91. The van der Waals surface area contributed by atoms with Crippen LogP contribution >= 0.6 is 0 Å². The van der Waals surface area contributed by atoms with Crippen LogP contribution in [0.1, 0.15) is 23.9 Å². The number of guanidine groups is 1. The molecule has 0 fully saturated rings. The number of aromatic nitrogens is 2. The first-order chi connectivity index (χ1) is 14.5. The van der Waals surface area contributed by atoms with E-state index in [1.807, 2.05) is 35.7 Å². The lowest BCUT2D eigenvalue weighted by Crippen LogP contribution is -2.36. The third kappa shape index (κ3) is 5.16. The van der Waals surface area contributed by atoms with E-state index in [-0.39, 0.29) is 18.0 Å². The second-order valence-corrected chi connectivity index (χ2v) is 6.46. The number of fused-ring (bicyclic) bond motifs is 1. The zero-order chi connectivity index (χ0) is 21.5. The first-order valence-electron chi connectivity index (χ1n) is 9.59. The number of halogens is 2. The fraction of sp³-hybridized carbons (Fsp3) is 0.333. The molecule has 2 N–H and O–H groups in total. The van der Waals surface area contributed by atoms with Crippen LogP contribution in [0.5, 0.6) is 11.5 Å². The number of pyridine rings is 1. The molecule has 30 heavy (non-hydrogen) atoms. The average Bonchev–Trinajstić information content (AvgIpc) is 3.14. The summed E-state index contributed by atoms with van der Waals surface area (Å²) in [6.45, 7) is 1.89. The summed E-state index contributed by atoms with van der Waals surface area (Å²) in [6, 6.07) is 11.0. The Kier molecular flexibility index (Phi) is 7.05. The predicted octanol–water partition coefficient (Wildman–Crippen LogP) is 3.51. The van der Waals surface area contributed by atoms with Crippen molar-refractivity contribution < 1.29 is 18.3 Å². The van der Waals surface area contributed by atoms with Crippen LogP contribution in [0.3, 0.4) is 0 Å². The van der Waals surface area contributed by atoms with Gasteiger partial charge in [0, 0.05) is 31.0 Å². The molecule has 0 atom stereocenters. The third-order valence-electron chi connectivity index (χ3n) is 4.42. The van der Waals surface area contributed by atoms with Crippen molar-refractivity contribution in [2.24, 2.45) is 4.99 Å². The van der Waals surface area contributed by atoms with Gasteiger partial charge in [0.2, 0.25) is 0 Å². The van der Waals surface area contributed by atoms with Gasteiger partial charge >= 0.3 is 6.61 Å². The molecule has 0 unspecified atom stereocenters. The van der Waals surface area contributed by atoms with E-state index in [2.05, 4.69) is 20.6 Å². The van der Waals surface area contributed by atoms with Crippen LogP contribution in [0.4, 0.5) is 8.78 Å². The summed E-state index contributed by atoms with van der Waals surface area (Å²) in [5.74, 6) is 0.807. The Labute approximate surface area is 173 Å². The lowest BCUT2D eigenvalue weighted by atomic mass is 10.2. The number of rotatable bonds is 8. The number of aliphatic imine (C=N–C) groups is 1. The number of nitrogens with zero attached hydrogens (tertiary/aromatic N) is 3. The van der Waals surface area contributed by atoms with Crippen molar-refractivity contribution in [3.8, 4) is 11.5 Å². The van der Waals surface area contributed by atoms with Gasteiger partial charge in [-0.25, -0.2) is 4.98 Å². The van der Waals surface area contributed by atoms with Crippen LogP contribution in [0.2, 0.25) is 0 Å². The molecule has 160 valence electrons. The molecule has 0 saturated heterocycles. The number of hydrogen-bond donors (Lipinski definition) is 2. The molecular formula is C21H25F2N5O2. The topological polar surface area (TPSA) is 72.2 Å². The highest BCUT2D eigenvalue weighted by molar-refractivity contribution is 5.79. The van der Waals surface area contributed by atoms with E-state index in [1.165, 1.54) is 0 Å². The Hall–Kier alpha value is -3.36. The molecule has 0 aliphatic rings.